The molecule has 0 aromatic heterocycles. The van der Waals surface area contributed by atoms with Crippen molar-refractivity contribution in [3.05, 3.63) is 29.6 Å². The van der Waals surface area contributed by atoms with Crippen molar-refractivity contribution < 1.29 is 17.9 Å². The first-order chi connectivity index (χ1) is 8.83. The van der Waals surface area contributed by atoms with Gasteiger partial charge in [-0.05, 0) is 43.4 Å². The molecule has 1 aliphatic heterocycles. The van der Waals surface area contributed by atoms with E-state index in [9.17, 15) is 17.9 Å². The van der Waals surface area contributed by atoms with E-state index >= 15 is 0 Å². The fourth-order valence-corrected chi connectivity index (χ4v) is 4.28. The number of hydrogen-bond acceptors (Lipinski definition) is 3. The first kappa shape index (κ1) is 13.0. The minimum atomic E-state index is -3.83. The molecule has 1 aromatic carbocycles. The highest BCUT2D eigenvalue weighted by atomic mass is 32.2. The highest BCUT2D eigenvalue weighted by Gasteiger charge is 2.55. The monoisotopic (exact) mass is 285 g/mol. The van der Waals surface area contributed by atoms with Crippen LogP contribution in [0, 0.1) is 18.7 Å². The van der Waals surface area contributed by atoms with Crippen LogP contribution in [-0.4, -0.2) is 36.5 Å². The Bertz CT molecular complexity index is 619. The van der Waals surface area contributed by atoms with E-state index in [0.717, 1.165) is 23.2 Å². The van der Waals surface area contributed by atoms with E-state index < -0.39 is 21.4 Å². The predicted octanol–water partition coefficient (Wildman–Crippen LogP) is 1.28. The molecule has 1 saturated heterocycles. The summed E-state index contributed by atoms with van der Waals surface area (Å²) in [4.78, 5) is -0.301. The van der Waals surface area contributed by atoms with Crippen LogP contribution in [0.15, 0.2) is 23.1 Å². The summed E-state index contributed by atoms with van der Waals surface area (Å²) >= 11 is 0. The van der Waals surface area contributed by atoms with Crippen molar-refractivity contribution in [3.63, 3.8) is 0 Å². The molecule has 1 saturated carbocycles. The van der Waals surface area contributed by atoms with Crippen LogP contribution in [0.4, 0.5) is 4.39 Å². The second-order valence-electron chi connectivity index (χ2n) is 5.58. The Hall–Kier alpha value is -0.980. The van der Waals surface area contributed by atoms with Gasteiger partial charge in [-0.1, -0.05) is 6.07 Å². The van der Waals surface area contributed by atoms with Crippen molar-refractivity contribution >= 4 is 10.0 Å². The Morgan fingerprint density at radius 3 is 2.58 bits per heavy atom. The molecule has 3 rings (SSSR count). The standard InChI is InChI=1S/C13H16FNO3S/c1-9-2-5-11(14)12(6-9)19(17,18)15-7-13(16,8-15)10-3-4-10/h2,5-6,10,16H,3-4,7-8H2,1H3. The molecule has 0 radical (unpaired) electrons. The van der Waals surface area contributed by atoms with Crippen LogP contribution in [0.1, 0.15) is 18.4 Å². The molecule has 1 heterocycles. The summed E-state index contributed by atoms with van der Waals surface area (Å²) in [5, 5.41) is 10.2. The average molecular weight is 285 g/mol. The van der Waals surface area contributed by atoms with E-state index in [0.29, 0.717) is 5.56 Å². The van der Waals surface area contributed by atoms with Crippen molar-refractivity contribution in [2.75, 3.05) is 13.1 Å². The van der Waals surface area contributed by atoms with E-state index in [-0.39, 0.29) is 23.9 Å². The lowest BCUT2D eigenvalue weighted by Gasteiger charge is -2.45. The van der Waals surface area contributed by atoms with Gasteiger partial charge in [-0.25, -0.2) is 12.8 Å². The van der Waals surface area contributed by atoms with Crippen LogP contribution in [0.3, 0.4) is 0 Å². The van der Waals surface area contributed by atoms with Gasteiger partial charge in [0.1, 0.15) is 10.7 Å². The zero-order chi connectivity index (χ0) is 13.8. The summed E-state index contributed by atoms with van der Waals surface area (Å²) in [6.07, 6.45) is 1.90. The van der Waals surface area contributed by atoms with Crippen LogP contribution in [0.25, 0.3) is 0 Å². The highest BCUT2D eigenvalue weighted by molar-refractivity contribution is 7.89. The van der Waals surface area contributed by atoms with E-state index in [1.807, 2.05) is 0 Å². The minimum absolute atomic E-state index is 0.0768. The molecular weight excluding hydrogens is 269 g/mol. The van der Waals surface area contributed by atoms with Gasteiger partial charge >= 0.3 is 0 Å². The number of nitrogens with zero attached hydrogens (tertiary/aromatic N) is 1. The maximum Gasteiger partial charge on any atom is 0.246 e. The summed E-state index contributed by atoms with van der Waals surface area (Å²) < 4.78 is 39.4. The zero-order valence-electron chi connectivity index (χ0n) is 10.6. The quantitative estimate of drug-likeness (QED) is 0.910. The van der Waals surface area contributed by atoms with Gasteiger partial charge in [-0.15, -0.1) is 0 Å². The average Bonchev–Trinajstić information content (AvgIpc) is 3.12. The van der Waals surface area contributed by atoms with Crippen molar-refractivity contribution in [1.29, 1.82) is 0 Å². The number of β-amino-alcohol motifs (C(OH)–C–C–N with tert-alkyl or cyclic N) is 1. The van der Waals surface area contributed by atoms with Crippen molar-refractivity contribution in [1.82, 2.24) is 4.31 Å². The zero-order valence-corrected chi connectivity index (χ0v) is 11.5. The Balaban J connectivity index is 1.86. The lowest BCUT2D eigenvalue weighted by atomic mass is 9.91. The first-order valence-electron chi connectivity index (χ1n) is 6.32. The molecule has 0 atom stereocenters. The van der Waals surface area contributed by atoms with Gasteiger partial charge in [0.05, 0.1) is 5.60 Å². The molecular formula is C13H16FNO3S. The Kier molecular flexibility index (Phi) is 2.75. The second kappa shape index (κ2) is 4.01. The Morgan fingerprint density at radius 1 is 1.37 bits per heavy atom. The highest BCUT2D eigenvalue weighted by Crippen LogP contribution is 2.45. The minimum Gasteiger partial charge on any atom is -0.387 e. The summed E-state index contributed by atoms with van der Waals surface area (Å²) in [5.74, 6) is -0.534. The lowest BCUT2D eigenvalue weighted by molar-refractivity contribution is -0.0765. The summed E-state index contributed by atoms with van der Waals surface area (Å²) in [5.41, 5.74) is -0.203. The van der Waals surface area contributed by atoms with Crippen molar-refractivity contribution in [2.24, 2.45) is 5.92 Å². The maximum atomic E-state index is 13.7. The third-order valence-electron chi connectivity index (χ3n) is 3.94. The van der Waals surface area contributed by atoms with E-state index in [2.05, 4.69) is 0 Å². The van der Waals surface area contributed by atoms with Crippen LogP contribution < -0.4 is 0 Å². The van der Waals surface area contributed by atoms with Gasteiger partial charge in [-0.2, -0.15) is 4.31 Å². The Morgan fingerprint density at radius 2 is 2.00 bits per heavy atom. The molecule has 2 aliphatic rings. The maximum absolute atomic E-state index is 13.7. The molecule has 104 valence electrons. The van der Waals surface area contributed by atoms with Crippen LogP contribution in [0.2, 0.25) is 0 Å². The molecule has 2 fully saturated rings. The van der Waals surface area contributed by atoms with Crippen molar-refractivity contribution in [2.45, 2.75) is 30.3 Å². The smallest absolute Gasteiger partial charge is 0.246 e. The summed E-state index contributed by atoms with van der Waals surface area (Å²) in [6.45, 7) is 1.87. The third kappa shape index (κ3) is 2.07. The first-order valence-corrected chi connectivity index (χ1v) is 7.76. The second-order valence-corrected chi connectivity index (χ2v) is 7.49. The SMILES string of the molecule is Cc1ccc(F)c(S(=O)(=O)N2CC(O)(C3CC3)C2)c1. The number of sulfonamides is 1. The van der Waals surface area contributed by atoms with E-state index in [1.54, 1.807) is 6.92 Å². The summed E-state index contributed by atoms with van der Waals surface area (Å²) in [7, 11) is -3.83. The molecule has 19 heavy (non-hydrogen) atoms. The number of benzene rings is 1. The molecule has 0 unspecified atom stereocenters. The largest absolute Gasteiger partial charge is 0.387 e. The molecule has 0 amide bonds. The van der Waals surface area contributed by atoms with Crippen LogP contribution in [0.5, 0.6) is 0 Å². The molecule has 6 heteroatoms. The van der Waals surface area contributed by atoms with Gasteiger partial charge < -0.3 is 5.11 Å². The summed E-state index contributed by atoms with van der Waals surface area (Å²) in [6, 6.07) is 4.03. The normalized spacial score (nSPS) is 23.1. The number of aryl methyl sites for hydroxylation is 1. The molecule has 1 aliphatic carbocycles. The van der Waals surface area contributed by atoms with Gasteiger partial charge in [0.15, 0.2) is 0 Å². The number of hydrogen-bond donors (Lipinski definition) is 1. The predicted molar refractivity (Wildman–Crippen MR) is 67.6 cm³/mol. The molecule has 4 nitrogen and oxygen atoms in total. The Labute approximate surface area is 111 Å². The topological polar surface area (TPSA) is 57.6 Å². The number of rotatable bonds is 3. The fourth-order valence-electron chi connectivity index (χ4n) is 2.56. The fraction of sp³-hybridized carbons (Fsp3) is 0.538. The molecule has 1 aromatic rings. The number of aliphatic hydroxyl groups is 1. The van der Waals surface area contributed by atoms with Crippen LogP contribution >= 0.6 is 0 Å². The molecule has 0 spiro atoms. The van der Waals surface area contributed by atoms with E-state index in [1.165, 1.54) is 12.1 Å². The van der Waals surface area contributed by atoms with Crippen LogP contribution in [-0.2, 0) is 10.0 Å². The van der Waals surface area contributed by atoms with E-state index in [4.69, 9.17) is 0 Å². The molecule has 1 N–H and O–H groups in total. The number of halogens is 1. The molecule has 0 bridgehead atoms. The third-order valence-corrected chi connectivity index (χ3v) is 5.75. The van der Waals surface area contributed by atoms with Gasteiger partial charge in [0.25, 0.3) is 0 Å². The van der Waals surface area contributed by atoms with Gasteiger partial charge in [0.2, 0.25) is 10.0 Å². The van der Waals surface area contributed by atoms with Gasteiger partial charge in [-0.3, -0.25) is 0 Å². The van der Waals surface area contributed by atoms with Gasteiger partial charge in [0, 0.05) is 13.1 Å². The lowest BCUT2D eigenvalue weighted by Crippen LogP contribution is -2.64. The van der Waals surface area contributed by atoms with Crippen molar-refractivity contribution in [3.8, 4) is 0 Å².